The van der Waals surface area contributed by atoms with E-state index in [1.165, 1.54) is 5.56 Å². The van der Waals surface area contributed by atoms with Crippen LogP contribution in [-0.4, -0.2) is 19.1 Å². The lowest BCUT2D eigenvalue weighted by atomic mass is 10.2. The SMILES string of the molecule is O=C(CNc1cccc(Cl)c1Cl)Nc1ccc(OCCc2ccccc2)cc1. The van der Waals surface area contributed by atoms with Crippen molar-refractivity contribution < 1.29 is 9.53 Å². The fraction of sp³-hybridized carbons (Fsp3) is 0.136. The van der Waals surface area contributed by atoms with Crippen molar-refractivity contribution in [1.29, 1.82) is 0 Å². The van der Waals surface area contributed by atoms with Crippen molar-refractivity contribution in [3.63, 3.8) is 0 Å². The molecule has 3 rings (SSSR count). The summed E-state index contributed by atoms with van der Waals surface area (Å²) in [4.78, 5) is 12.1. The number of nitrogens with one attached hydrogen (secondary N) is 2. The van der Waals surface area contributed by atoms with Crippen LogP contribution < -0.4 is 15.4 Å². The van der Waals surface area contributed by atoms with Crippen LogP contribution in [0.5, 0.6) is 5.75 Å². The summed E-state index contributed by atoms with van der Waals surface area (Å²) in [5, 5.41) is 6.63. The normalized spacial score (nSPS) is 10.4. The third kappa shape index (κ3) is 5.91. The molecule has 144 valence electrons. The number of hydrogen-bond donors (Lipinski definition) is 2. The first-order chi connectivity index (χ1) is 13.6. The number of hydrogen-bond acceptors (Lipinski definition) is 3. The molecule has 0 aliphatic carbocycles. The van der Waals surface area contributed by atoms with Crippen LogP contribution in [0.1, 0.15) is 5.56 Å². The fourth-order valence-corrected chi connectivity index (χ4v) is 2.95. The van der Waals surface area contributed by atoms with E-state index in [9.17, 15) is 4.79 Å². The zero-order valence-electron chi connectivity index (χ0n) is 15.1. The first-order valence-corrected chi connectivity index (χ1v) is 9.62. The van der Waals surface area contributed by atoms with E-state index < -0.39 is 0 Å². The maximum atomic E-state index is 12.1. The molecular weight excluding hydrogens is 395 g/mol. The highest BCUT2D eigenvalue weighted by atomic mass is 35.5. The number of amides is 1. The highest BCUT2D eigenvalue weighted by Gasteiger charge is 2.07. The molecule has 0 saturated heterocycles. The highest BCUT2D eigenvalue weighted by Crippen LogP contribution is 2.29. The zero-order chi connectivity index (χ0) is 19.8. The Hall–Kier alpha value is -2.69. The molecular formula is C22H20Cl2N2O2. The van der Waals surface area contributed by atoms with Gasteiger partial charge in [0.05, 0.1) is 28.9 Å². The molecule has 0 aliphatic rings. The van der Waals surface area contributed by atoms with Crippen LogP contribution in [0.25, 0.3) is 0 Å². The van der Waals surface area contributed by atoms with Gasteiger partial charge in [0.1, 0.15) is 5.75 Å². The lowest BCUT2D eigenvalue weighted by molar-refractivity contribution is -0.114. The number of halogens is 2. The number of carbonyl (C=O) groups is 1. The molecule has 3 aromatic rings. The molecule has 0 unspecified atom stereocenters. The Balaban J connectivity index is 1.44. The summed E-state index contributed by atoms with van der Waals surface area (Å²) in [7, 11) is 0. The Morgan fingerprint density at radius 2 is 1.64 bits per heavy atom. The summed E-state index contributed by atoms with van der Waals surface area (Å²) in [5.74, 6) is 0.576. The van der Waals surface area contributed by atoms with E-state index in [0.29, 0.717) is 28.0 Å². The molecule has 0 saturated carbocycles. The fourth-order valence-electron chi connectivity index (χ4n) is 2.59. The standard InChI is InChI=1S/C22H20Cl2N2O2/c23-19-7-4-8-20(22(19)24)25-15-21(27)26-17-9-11-18(12-10-17)28-14-13-16-5-2-1-3-6-16/h1-12,25H,13-15H2,(H,26,27). The van der Waals surface area contributed by atoms with Gasteiger partial charge in [0.15, 0.2) is 0 Å². The molecule has 0 heterocycles. The van der Waals surface area contributed by atoms with Gasteiger partial charge in [0.25, 0.3) is 0 Å². The molecule has 0 spiro atoms. The number of ether oxygens (including phenoxy) is 1. The van der Waals surface area contributed by atoms with Crippen LogP contribution >= 0.6 is 23.2 Å². The molecule has 0 radical (unpaired) electrons. The second-order valence-electron chi connectivity index (χ2n) is 6.11. The first kappa shape index (κ1) is 20.1. The Kier molecular flexibility index (Phi) is 7.18. The summed E-state index contributed by atoms with van der Waals surface area (Å²) in [6.07, 6.45) is 0.844. The minimum atomic E-state index is -0.186. The predicted molar refractivity (Wildman–Crippen MR) is 116 cm³/mol. The quantitative estimate of drug-likeness (QED) is 0.499. The van der Waals surface area contributed by atoms with E-state index in [-0.39, 0.29) is 12.5 Å². The van der Waals surface area contributed by atoms with Gasteiger partial charge in [-0.15, -0.1) is 0 Å². The van der Waals surface area contributed by atoms with Crippen molar-refractivity contribution in [2.24, 2.45) is 0 Å². The summed E-state index contributed by atoms with van der Waals surface area (Å²) in [6.45, 7) is 0.676. The largest absolute Gasteiger partial charge is 0.493 e. The third-order valence-corrected chi connectivity index (χ3v) is 4.85. The van der Waals surface area contributed by atoms with E-state index in [1.807, 2.05) is 42.5 Å². The average Bonchev–Trinajstić information content (AvgIpc) is 2.71. The van der Waals surface area contributed by atoms with Gasteiger partial charge in [0.2, 0.25) is 5.91 Å². The topological polar surface area (TPSA) is 50.4 Å². The number of rotatable bonds is 8. The van der Waals surface area contributed by atoms with Crippen molar-refractivity contribution in [2.75, 3.05) is 23.8 Å². The molecule has 6 heteroatoms. The monoisotopic (exact) mass is 414 g/mol. The van der Waals surface area contributed by atoms with Gasteiger partial charge < -0.3 is 15.4 Å². The molecule has 0 aromatic heterocycles. The molecule has 4 nitrogen and oxygen atoms in total. The minimum absolute atomic E-state index is 0.0788. The zero-order valence-corrected chi connectivity index (χ0v) is 16.6. The molecule has 1 amide bonds. The van der Waals surface area contributed by atoms with E-state index in [2.05, 4.69) is 22.8 Å². The molecule has 2 N–H and O–H groups in total. The van der Waals surface area contributed by atoms with Crippen LogP contribution in [0.4, 0.5) is 11.4 Å². The maximum absolute atomic E-state index is 12.1. The number of anilines is 2. The summed E-state index contributed by atoms with van der Waals surface area (Å²) in [6, 6.07) is 22.7. The Bertz CT molecular complexity index is 916. The average molecular weight is 415 g/mol. The lowest BCUT2D eigenvalue weighted by Gasteiger charge is -2.11. The van der Waals surface area contributed by atoms with Crippen molar-refractivity contribution >= 4 is 40.5 Å². The maximum Gasteiger partial charge on any atom is 0.243 e. The van der Waals surface area contributed by atoms with Crippen molar-refractivity contribution in [3.8, 4) is 5.75 Å². The third-order valence-electron chi connectivity index (χ3n) is 4.03. The second-order valence-corrected chi connectivity index (χ2v) is 6.90. The molecule has 3 aromatic carbocycles. The molecule has 0 aliphatic heterocycles. The second kappa shape index (κ2) is 10.0. The van der Waals surface area contributed by atoms with Crippen molar-refractivity contribution in [1.82, 2.24) is 0 Å². The van der Waals surface area contributed by atoms with Crippen molar-refractivity contribution in [2.45, 2.75) is 6.42 Å². The Morgan fingerprint density at radius 3 is 2.39 bits per heavy atom. The van der Waals surface area contributed by atoms with Crippen LogP contribution in [0, 0.1) is 0 Å². The van der Waals surface area contributed by atoms with Crippen LogP contribution in [0.2, 0.25) is 10.0 Å². The van der Waals surface area contributed by atoms with Gasteiger partial charge >= 0.3 is 0 Å². The summed E-state index contributed by atoms with van der Waals surface area (Å²) >= 11 is 12.1. The molecule has 0 atom stereocenters. The van der Waals surface area contributed by atoms with Gasteiger partial charge in [-0.2, -0.15) is 0 Å². The van der Waals surface area contributed by atoms with Crippen molar-refractivity contribution in [3.05, 3.63) is 88.4 Å². The van der Waals surface area contributed by atoms with Gasteiger partial charge in [-0.05, 0) is 42.0 Å². The minimum Gasteiger partial charge on any atom is -0.493 e. The smallest absolute Gasteiger partial charge is 0.243 e. The Morgan fingerprint density at radius 1 is 0.893 bits per heavy atom. The molecule has 28 heavy (non-hydrogen) atoms. The van der Waals surface area contributed by atoms with Gasteiger partial charge in [-0.3, -0.25) is 4.79 Å². The van der Waals surface area contributed by atoms with Gasteiger partial charge in [-0.1, -0.05) is 59.6 Å². The van der Waals surface area contributed by atoms with Gasteiger partial charge in [-0.25, -0.2) is 0 Å². The Labute approximate surface area is 174 Å². The number of carbonyl (C=O) groups excluding carboxylic acids is 1. The van der Waals surface area contributed by atoms with Crippen LogP contribution in [-0.2, 0) is 11.2 Å². The lowest BCUT2D eigenvalue weighted by Crippen LogP contribution is -2.21. The predicted octanol–water partition coefficient (Wildman–Crippen LogP) is 5.67. The molecule has 0 fully saturated rings. The van der Waals surface area contributed by atoms with Crippen LogP contribution in [0.15, 0.2) is 72.8 Å². The number of benzene rings is 3. The van der Waals surface area contributed by atoms with Gasteiger partial charge in [0, 0.05) is 12.1 Å². The van der Waals surface area contributed by atoms with E-state index in [1.54, 1.807) is 18.2 Å². The van der Waals surface area contributed by atoms with E-state index >= 15 is 0 Å². The summed E-state index contributed by atoms with van der Waals surface area (Å²) in [5.41, 5.74) is 2.55. The summed E-state index contributed by atoms with van der Waals surface area (Å²) < 4.78 is 5.75. The van der Waals surface area contributed by atoms with E-state index in [0.717, 1.165) is 12.2 Å². The first-order valence-electron chi connectivity index (χ1n) is 8.86. The van der Waals surface area contributed by atoms with Crippen LogP contribution in [0.3, 0.4) is 0 Å². The highest BCUT2D eigenvalue weighted by molar-refractivity contribution is 6.43. The molecule has 0 bridgehead atoms. The van der Waals surface area contributed by atoms with E-state index in [4.69, 9.17) is 27.9 Å².